The zero-order valence-corrected chi connectivity index (χ0v) is 24.9. The van der Waals surface area contributed by atoms with Crippen LogP contribution in [0.3, 0.4) is 0 Å². The molecule has 5 aromatic rings. The molecule has 0 saturated carbocycles. The van der Waals surface area contributed by atoms with Gasteiger partial charge >= 0.3 is 0 Å². The summed E-state index contributed by atoms with van der Waals surface area (Å²) < 4.78 is 46.3. The number of hydrogen-bond donors (Lipinski definition) is 1. The van der Waals surface area contributed by atoms with Crippen LogP contribution in [0.4, 0.5) is 4.39 Å². The van der Waals surface area contributed by atoms with Crippen molar-refractivity contribution in [3.05, 3.63) is 155 Å². The number of hydrogen-bond acceptors (Lipinski definition) is 5. The van der Waals surface area contributed by atoms with E-state index in [1.54, 1.807) is 42.5 Å². The molecule has 5 aromatic carbocycles. The van der Waals surface area contributed by atoms with Crippen molar-refractivity contribution in [3.63, 3.8) is 0 Å². The fraction of sp³-hybridized carbons (Fsp3) is 0.143. The molecule has 220 valence electrons. The molecule has 0 bridgehead atoms. The number of sulfone groups is 1. The summed E-state index contributed by atoms with van der Waals surface area (Å²) in [7, 11) is -3.89. The fourth-order valence-electron chi connectivity index (χ4n) is 4.78. The minimum Gasteiger partial charge on any atom is -0.456 e. The number of para-hydroxylation sites is 1. The summed E-state index contributed by atoms with van der Waals surface area (Å²) in [6, 6.07) is 35.9. The molecule has 0 aliphatic heterocycles. The van der Waals surface area contributed by atoms with E-state index < -0.39 is 21.8 Å². The summed E-state index contributed by atoms with van der Waals surface area (Å²) in [6.07, 6.45) is -0.0632. The van der Waals surface area contributed by atoms with Gasteiger partial charge in [0.15, 0.2) is 0 Å². The van der Waals surface area contributed by atoms with E-state index in [9.17, 15) is 17.9 Å². The van der Waals surface area contributed by atoms with E-state index in [-0.39, 0.29) is 15.5 Å². The highest BCUT2D eigenvalue weighted by molar-refractivity contribution is 7.91. The molecule has 0 aliphatic carbocycles. The molecular formula is C35H31ClFNO4S. The Hall–Kier alpha value is -4.01. The number of aliphatic hydroxyl groups excluding tert-OH is 1. The monoisotopic (exact) mass is 615 g/mol. The van der Waals surface area contributed by atoms with Crippen molar-refractivity contribution in [2.24, 2.45) is 0 Å². The number of nitrogens with zero attached hydrogens (tertiary/aromatic N) is 1. The average Bonchev–Trinajstić information content (AvgIpc) is 3.02. The van der Waals surface area contributed by atoms with Crippen LogP contribution < -0.4 is 4.74 Å². The van der Waals surface area contributed by atoms with Crippen molar-refractivity contribution >= 4 is 21.4 Å². The quantitative estimate of drug-likeness (QED) is 0.155. The molecular weight excluding hydrogens is 585 g/mol. The van der Waals surface area contributed by atoms with Gasteiger partial charge in [-0.05, 0) is 83.8 Å². The number of halogens is 2. The summed E-state index contributed by atoms with van der Waals surface area (Å²) in [5.74, 6) is 0.0850. The van der Waals surface area contributed by atoms with Crippen molar-refractivity contribution in [2.45, 2.75) is 28.9 Å². The third kappa shape index (κ3) is 8.09. The Balaban J connectivity index is 1.30. The van der Waals surface area contributed by atoms with Gasteiger partial charge in [-0.25, -0.2) is 12.8 Å². The summed E-state index contributed by atoms with van der Waals surface area (Å²) in [4.78, 5) is 2.34. The number of ether oxygens (including phenoxy) is 1. The van der Waals surface area contributed by atoms with Gasteiger partial charge in [-0.3, -0.25) is 4.90 Å². The van der Waals surface area contributed by atoms with Gasteiger partial charge in [-0.1, -0.05) is 78.3 Å². The fourth-order valence-corrected chi connectivity index (χ4v) is 6.36. The van der Waals surface area contributed by atoms with Gasteiger partial charge in [-0.15, -0.1) is 0 Å². The molecule has 1 unspecified atom stereocenters. The lowest BCUT2D eigenvalue weighted by Crippen LogP contribution is -2.30. The van der Waals surface area contributed by atoms with Crippen LogP contribution in [0.2, 0.25) is 5.02 Å². The largest absolute Gasteiger partial charge is 0.456 e. The Morgan fingerprint density at radius 1 is 0.791 bits per heavy atom. The summed E-state index contributed by atoms with van der Waals surface area (Å²) in [5.41, 5.74) is 2.85. The number of rotatable bonds is 12. The molecule has 0 saturated heterocycles. The van der Waals surface area contributed by atoms with Gasteiger partial charge in [0.2, 0.25) is 9.84 Å². The molecule has 5 rings (SSSR count). The molecule has 1 atom stereocenters. The van der Waals surface area contributed by atoms with Gasteiger partial charge in [0.1, 0.15) is 22.2 Å². The second kappa shape index (κ2) is 14.0. The lowest BCUT2D eigenvalue weighted by Gasteiger charge is -2.25. The van der Waals surface area contributed by atoms with Crippen LogP contribution in [0.1, 0.15) is 22.8 Å². The maximum Gasteiger partial charge on any atom is 0.210 e. The van der Waals surface area contributed by atoms with Crippen molar-refractivity contribution in [1.82, 2.24) is 4.90 Å². The van der Waals surface area contributed by atoms with Crippen LogP contribution in [0.25, 0.3) is 0 Å². The molecule has 1 N–H and O–H groups in total. The molecule has 0 fully saturated rings. The summed E-state index contributed by atoms with van der Waals surface area (Å²) in [6.45, 7) is 1.70. The minimum atomic E-state index is -3.89. The van der Waals surface area contributed by atoms with Crippen molar-refractivity contribution in [1.29, 1.82) is 0 Å². The normalized spacial score (nSPS) is 12.3. The molecule has 0 amide bonds. The predicted octanol–water partition coefficient (Wildman–Crippen LogP) is 7.88. The van der Waals surface area contributed by atoms with E-state index >= 15 is 0 Å². The smallest absolute Gasteiger partial charge is 0.210 e. The van der Waals surface area contributed by atoms with E-state index in [4.69, 9.17) is 16.3 Å². The number of benzene rings is 5. The predicted molar refractivity (Wildman–Crippen MR) is 167 cm³/mol. The van der Waals surface area contributed by atoms with Crippen LogP contribution in [-0.4, -0.2) is 31.5 Å². The second-order valence-electron chi connectivity index (χ2n) is 10.2. The van der Waals surface area contributed by atoms with E-state index in [2.05, 4.69) is 17.0 Å². The molecule has 0 radical (unpaired) electrons. The second-order valence-corrected chi connectivity index (χ2v) is 12.5. The SMILES string of the molecule is O=S(=O)(c1ccc(CCN(Cc2ccccc2)CC(O)c2cccc(Cl)c2)cc1)c1ccccc1Oc1ccc(F)cc1. The first kappa shape index (κ1) is 30.4. The highest BCUT2D eigenvalue weighted by Gasteiger charge is 2.23. The van der Waals surface area contributed by atoms with E-state index in [0.29, 0.717) is 36.8 Å². The number of aliphatic hydroxyl groups is 1. The van der Waals surface area contributed by atoms with Crippen molar-refractivity contribution < 1.29 is 22.7 Å². The van der Waals surface area contributed by atoms with E-state index in [1.165, 1.54) is 30.3 Å². The highest BCUT2D eigenvalue weighted by Crippen LogP contribution is 2.33. The molecule has 43 heavy (non-hydrogen) atoms. The van der Waals surface area contributed by atoms with E-state index in [1.807, 2.05) is 42.5 Å². The van der Waals surface area contributed by atoms with Crippen molar-refractivity contribution in [2.75, 3.05) is 13.1 Å². The summed E-state index contributed by atoms with van der Waals surface area (Å²) in [5, 5.41) is 11.5. The third-order valence-corrected chi connectivity index (χ3v) is 9.09. The Morgan fingerprint density at radius 2 is 1.49 bits per heavy atom. The van der Waals surface area contributed by atoms with E-state index in [0.717, 1.165) is 16.7 Å². The van der Waals surface area contributed by atoms with Crippen LogP contribution in [-0.2, 0) is 22.8 Å². The van der Waals surface area contributed by atoms with Crippen LogP contribution in [0, 0.1) is 5.82 Å². The first-order chi connectivity index (χ1) is 20.8. The Kier molecular flexibility index (Phi) is 9.89. The summed E-state index contributed by atoms with van der Waals surface area (Å²) >= 11 is 6.14. The van der Waals surface area contributed by atoms with Gasteiger partial charge < -0.3 is 9.84 Å². The average molecular weight is 616 g/mol. The Labute approximate surface area is 256 Å². The molecule has 5 nitrogen and oxygen atoms in total. The molecule has 0 aliphatic rings. The van der Waals surface area contributed by atoms with Crippen LogP contribution in [0.15, 0.2) is 137 Å². The van der Waals surface area contributed by atoms with Gasteiger partial charge in [0, 0.05) is 24.7 Å². The first-order valence-corrected chi connectivity index (χ1v) is 15.7. The topological polar surface area (TPSA) is 66.8 Å². The molecule has 8 heteroatoms. The molecule has 0 heterocycles. The Bertz CT molecular complexity index is 1750. The standard InChI is InChI=1S/C35H31ClFNO4S/c36-29-10-6-9-28(23-29)33(39)25-38(24-27-7-2-1-3-8-27)22-21-26-13-19-32(20-14-26)43(40,41)35-12-5-4-11-34(35)42-31-17-15-30(37)16-18-31/h1-20,23,33,39H,21-22,24-25H2. The zero-order chi connectivity index (χ0) is 30.2. The zero-order valence-electron chi connectivity index (χ0n) is 23.3. The van der Waals surface area contributed by atoms with Crippen LogP contribution >= 0.6 is 11.6 Å². The van der Waals surface area contributed by atoms with Crippen molar-refractivity contribution in [3.8, 4) is 11.5 Å². The van der Waals surface area contributed by atoms with Gasteiger partial charge in [0.05, 0.1) is 11.0 Å². The molecule has 0 spiro atoms. The Morgan fingerprint density at radius 3 is 2.21 bits per heavy atom. The molecule has 0 aromatic heterocycles. The maximum atomic E-state index is 13.6. The lowest BCUT2D eigenvalue weighted by atomic mass is 10.1. The first-order valence-electron chi connectivity index (χ1n) is 13.8. The maximum absolute atomic E-state index is 13.6. The highest BCUT2D eigenvalue weighted by atomic mass is 35.5. The van der Waals surface area contributed by atoms with Crippen LogP contribution in [0.5, 0.6) is 11.5 Å². The lowest BCUT2D eigenvalue weighted by molar-refractivity contribution is 0.109. The van der Waals surface area contributed by atoms with Gasteiger partial charge in [-0.2, -0.15) is 0 Å². The minimum absolute atomic E-state index is 0.0242. The van der Waals surface area contributed by atoms with Gasteiger partial charge in [0.25, 0.3) is 0 Å². The third-order valence-electron chi connectivity index (χ3n) is 7.04.